The SMILES string of the molecule is C=CC[N+](C)(CCC(C)O)CCC(Cl)CCCCCCCCCCCCCCCCCCC. The average molecular weight is 487 g/mol. The van der Waals surface area contributed by atoms with Crippen molar-refractivity contribution < 1.29 is 9.59 Å². The van der Waals surface area contributed by atoms with Gasteiger partial charge in [-0.15, -0.1) is 11.6 Å². The Balaban J connectivity index is 3.47. The number of alkyl halides is 1. The summed E-state index contributed by atoms with van der Waals surface area (Å²) in [7, 11) is 2.27. The van der Waals surface area contributed by atoms with E-state index in [1.54, 1.807) is 0 Å². The molecule has 0 spiro atoms. The van der Waals surface area contributed by atoms with Crippen molar-refractivity contribution >= 4 is 11.6 Å². The van der Waals surface area contributed by atoms with Crippen LogP contribution in [-0.2, 0) is 0 Å². The molecule has 0 radical (unpaired) electrons. The molecule has 3 heteroatoms. The second-order valence-corrected chi connectivity index (χ2v) is 11.6. The Hall–Kier alpha value is -0.0500. The van der Waals surface area contributed by atoms with Crippen molar-refractivity contribution in [3.05, 3.63) is 12.7 Å². The van der Waals surface area contributed by atoms with Gasteiger partial charge >= 0.3 is 0 Å². The van der Waals surface area contributed by atoms with Gasteiger partial charge in [0.15, 0.2) is 0 Å². The number of halogens is 1. The van der Waals surface area contributed by atoms with Crippen molar-refractivity contribution in [2.75, 3.05) is 26.7 Å². The van der Waals surface area contributed by atoms with Crippen molar-refractivity contribution in [1.29, 1.82) is 0 Å². The third-order valence-corrected chi connectivity index (χ3v) is 7.70. The molecule has 0 saturated heterocycles. The van der Waals surface area contributed by atoms with Gasteiger partial charge in [-0.3, -0.25) is 0 Å². The van der Waals surface area contributed by atoms with E-state index in [1.165, 1.54) is 109 Å². The first-order chi connectivity index (χ1) is 15.9. The van der Waals surface area contributed by atoms with Gasteiger partial charge in [0, 0.05) is 18.2 Å². The van der Waals surface area contributed by atoms with E-state index in [9.17, 15) is 5.11 Å². The smallest absolute Gasteiger partial charge is 0.0969 e. The predicted molar refractivity (Wildman–Crippen MR) is 150 cm³/mol. The molecular weight excluding hydrogens is 426 g/mol. The van der Waals surface area contributed by atoms with Gasteiger partial charge in [0.25, 0.3) is 0 Å². The standard InChI is InChI=1S/C30H61ClNO/c1-5-7-8-9-10-11-12-13-14-15-16-17-18-19-20-21-22-23-30(31)25-28-32(4,26-6-2)27-24-29(3)33/h6,29-30,33H,2,5,7-28H2,1,3-4H3/q+1. The van der Waals surface area contributed by atoms with Crippen LogP contribution in [0.25, 0.3) is 0 Å². The van der Waals surface area contributed by atoms with Crippen molar-refractivity contribution in [2.45, 2.75) is 154 Å². The lowest BCUT2D eigenvalue weighted by Gasteiger charge is -2.34. The molecular formula is C30H61ClNO+. The molecule has 2 nitrogen and oxygen atoms in total. The van der Waals surface area contributed by atoms with Crippen LogP contribution in [0.15, 0.2) is 12.7 Å². The second kappa shape index (κ2) is 23.7. The van der Waals surface area contributed by atoms with E-state index < -0.39 is 0 Å². The first-order valence-electron chi connectivity index (χ1n) is 14.7. The van der Waals surface area contributed by atoms with Crippen LogP contribution >= 0.6 is 11.6 Å². The fourth-order valence-electron chi connectivity index (χ4n) is 4.79. The van der Waals surface area contributed by atoms with Crippen LogP contribution < -0.4 is 0 Å². The quantitative estimate of drug-likeness (QED) is 0.0558. The molecule has 0 aromatic rings. The molecule has 0 amide bonds. The molecule has 0 aromatic heterocycles. The minimum absolute atomic E-state index is 0.228. The number of unbranched alkanes of at least 4 members (excludes halogenated alkanes) is 16. The summed E-state index contributed by atoms with van der Waals surface area (Å²) in [6.45, 7) is 11.1. The molecule has 0 aliphatic heterocycles. The molecule has 0 fully saturated rings. The lowest BCUT2D eigenvalue weighted by Crippen LogP contribution is -2.47. The Kier molecular flexibility index (Phi) is 23.6. The summed E-state index contributed by atoms with van der Waals surface area (Å²) >= 11 is 6.64. The van der Waals surface area contributed by atoms with E-state index >= 15 is 0 Å². The molecule has 3 unspecified atom stereocenters. The van der Waals surface area contributed by atoms with Crippen molar-refractivity contribution in [3.8, 4) is 0 Å². The Morgan fingerprint density at radius 1 is 0.697 bits per heavy atom. The molecule has 0 aliphatic rings. The van der Waals surface area contributed by atoms with Gasteiger partial charge in [0.05, 0.1) is 32.8 Å². The van der Waals surface area contributed by atoms with Crippen LogP contribution in [0.1, 0.15) is 142 Å². The molecule has 0 aromatic carbocycles. The van der Waals surface area contributed by atoms with Crippen LogP contribution in [0.5, 0.6) is 0 Å². The number of aliphatic hydroxyl groups is 1. The van der Waals surface area contributed by atoms with Crippen LogP contribution in [0.4, 0.5) is 0 Å². The van der Waals surface area contributed by atoms with Gasteiger partial charge in [-0.05, 0) is 19.4 Å². The first kappa shape index (κ1) is 33.0. The molecule has 198 valence electrons. The number of rotatable bonds is 26. The zero-order valence-electron chi connectivity index (χ0n) is 23.0. The zero-order valence-corrected chi connectivity index (χ0v) is 23.7. The third-order valence-electron chi connectivity index (χ3n) is 7.26. The Labute approximate surface area is 214 Å². The first-order valence-corrected chi connectivity index (χ1v) is 15.1. The Morgan fingerprint density at radius 2 is 1.09 bits per heavy atom. The molecule has 0 rings (SSSR count). The molecule has 3 atom stereocenters. The maximum absolute atomic E-state index is 9.61. The maximum atomic E-state index is 9.61. The van der Waals surface area contributed by atoms with Gasteiger partial charge < -0.3 is 9.59 Å². The van der Waals surface area contributed by atoms with E-state index in [2.05, 4.69) is 20.6 Å². The monoisotopic (exact) mass is 486 g/mol. The summed E-state index contributed by atoms with van der Waals surface area (Å²) in [5.41, 5.74) is 0. The van der Waals surface area contributed by atoms with E-state index in [1.807, 2.05) is 13.0 Å². The highest BCUT2D eigenvalue weighted by atomic mass is 35.5. The minimum Gasteiger partial charge on any atom is -0.393 e. The maximum Gasteiger partial charge on any atom is 0.0969 e. The van der Waals surface area contributed by atoms with Gasteiger partial charge in [0.1, 0.15) is 0 Å². The summed E-state index contributed by atoms with van der Waals surface area (Å²) in [6.07, 6.45) is 28.9. The topological polar surface area (TPSA) is 20.2 Å². The highest BCUT2D eigenvalue weighted by Crippen LogP contribution is 2.18. The summed E-state index contributed by atoms with van der Waals surface area (Å²) in [5, 5.41) is 9.90. The number of likely N-dealkylation sites (N-methyl/N-ethyl adjacent to an activating group) is 1. The molecule has 33 heavy (non-hydrogen) atoms. The molecule has 0 heterocycles. The number of hydrogen-bond donors (Lipinski definition) is 1. The summed E-state index contributed by atoms with van der Waals surface area (Å²) in [6, 6.07) is 0. The van der Waals surface area contributed by atoms with Crippen LogP contribution in [0.3, 0.4) is 0 Å². The van der Waals surface area contributed by atoms with Crippen molar-refractivity contribution in [2.24, 2.45) is 0 Å². The Morgan fingerprint density at radius 3 is 1.48 bits per heavy atom. The number of aliphatic hydroxyl groups excluding tert-OH is 1. The van der Waals surface area contributed by atoms with Crippen LogP contribution in [-0.4, -0.2) is 47.8 Å². The minimum atomic E-state index is -0.228. The van der Waals surface area contributed by atoms with E-state index in [-0.39, 0.29) is 11.5 Å². The summed E-state index contributed by atoms with van der Waals surface area (Å²) in [4.78, 5) is 0. The van der Waals surface area contributed by atoms with E-state index in [4.69, 9.17) is 11.6 Å². The van der Waals surface area contributed by atoms with Crippen molar-refractivity contribution in [1.82, 2.24) is 0 Å². The largest absolute Gasteiger partial charge is 0.393 e. The zero-order chi connectivity index (χ0) is 24.6. The second-order valence-electron chi connectivity index (χ2n) is 11.0. The molecule has 1 N–H and O–H groups in total. The third kappa shape index (κ3) is 23.5. The highest BCUT2D eigenvalue weighted by Gasteiger charge is 2.22. The number of quaternary nitrogens is 1. The normalized spacial score (nSPS) is 15.3. The van der Waals surface area contributed by atoms with Gasteiger partial charge in [0.2, 0.25) is 0 Å². The fourth-order valence-corrected chi connectivity index (χ4v) is 5.04. The average Bonchev–Trinajstić information content (AvgIpc) is 2.79. The molecule has 0 bridgehead atoms. The predicted octanol–water partition coefficient (Wildman–Crippen LogP) is 9.43. The Bertz CT molecular complexity index is 414. The summed E-state index contributed by atoms with van der Waals surface area (Å²) < 4.78 is 0.941. The lowest BCUT2D eigenvalue weighted by molar-refractivity contribution is -0.904. The fraction of sp³-hybridized carbons (Fsp3) is 0.933. The number of nitrogens with zero attached hydrogens (tertiary/aromatic N) is 1. The van der Waals surface area contributed by atoms with Crippen molar-refractivity contribution in [3.63, 3.8) is 0 Å². The lowest BCUT2D eigenvalue weighted by atomic mass is 10.0. The van der Waals surface area contributed by atoms with Gasteiger partial charge in [-0.25, -0.2) is 0 Å². The van der Waals surface area contributed by atoms with Crippen LogP contribution in [0.2, 0.25) is 0 Å². The number of hydrogen-bond acceptors (Lipinski definition) is 1. The van der Waals surface area contributed by atoms with Gasteiger partial charge in [-0.2, -0.15) is 0 Å². The molecule has 0 aliphatic carbocycles. The van der Waals surface area contributed by atoms with E-state index in [0.29, 0.717) is 0 Å². The summed E-state index contributed by atoms with van der Waals surface area (Å²) in [5.74, 6) is 0. The molecule has 0 saturated carbocycles. The van der Waals surface area contributed by atoms with E-state index in [0.717, 1.165) is 43.4 Å². The van der Waals surface area contributed by atoms with Gasteiger partial charge in [-0.1, -0.05) is 123 Å². The van der Waals surface area contributed by atoms with Crippen LogP contribution in [0, 0.1) is 0 Å². The highest BCUT2D eigenvalue weighted by molar-refractivity contribution is 6.20.